The van der Waals surface area contributed by atoms with E-state index in [2.05, 4.69) is 21.6 Å². The Morgan fingerprint density at radius 1 is 1.16 bits per heavy atom. The van der Waals surface area contributed by atoms with E-state index in [1.165, 1.54) is 6.07 Å². The van der Waals surface area contributed by atoms with Crippen LogP contribution in [0.3, 0.4) is 0 Å². The lowest BCUT2D eigenvalue weighted by Crippen LogP contribution is -2.44. The number of anilines is 1. The van der Waals surface area contributed by atoms with E-state index in [0.29, 0.717) is 23.7 Å². The van der Waals surface area contributed by atoms with E-state index in [4.69, 9.17) is 23.2 Å². The number of carbonyl (C=O) groups is 3. The van der Waals surface area contributed by atoms with E-state index in [1.54, 1.807) is 19.1 Å². The van der Waals surface area contributed by atoms with Crippen molar-refractivity contribution in [3.05, 3.63) is 63.6 Å². The van der Waals surface area contributed by atoms with Crippen molar-refractivity contribution in [2.24, 2.45) is 0 Å². The zero-order chi connectivity index (χ0) is 23.5. The molecule has 2 N–H and O–H groups in total. The van der Waals surface area contributed by atoms with Crippen LogP contribution in [0.5, 0.6) is 0 Å². The molecular weight excluding hydrogens is 451 g/mol. The van der Waals surface area contributed by atoms with Crippen LogP contribution in [-0.4, -0.2) is 48.9 Å². The molecule has 0 spiro atoms. The number of nitrogens with zero attached hydrogens (tertiary/aromatic N) is 2. The molecule has 2 aromatic rings. The Labute approximate surface area is 197 Å². The van der Waals surface area contributed by atoms with Gasteiger partial charge in [-0.15, -0.1) is 0 Å². The molecule has 1 saturated heterocycles. The largest absolute Gasteiger partial charge is 0.370 e. The summed E-state index contributed by atoms with van der Waals surface area (Å²) in [6.45, 7) is 7.06. The molecule has 9 heteroatoms. The Hall–Kier alpha value is -2.77. The summed E-state index contributed by atoms with van der Waals surface area (Å²) in [6, 6.07) is 12.2. The molecule has 0 bridgehead atoms. The van der Waals surface area contributed by atoms with E-state index >= 15 is 0 Å². The number of amides is 4. The maximum atomic E-state index is 13.0. The van der Waals surface area contributed by atoms with Crippen molar-refractivity contribution >= 4 is 46.7 Å². The number of carbonyl (C=O) groups excluding carboxylic acids is 3. The molecule has 1 aliphatic rings. The fourth-order valence-electron chi connectivity index (χ4n) is 3.67. The van der Waals surface area contributed by atoms with Crippen LogP contribution in [0.25, 0.3) is 0 Å². The third-order valence-corrected chi connectivity index (χ3v) is 6.27. The second-order valence-corrected chi connectivity index (χ2v) is 8.66. The summed E-state index contributed by atoms with van der Waals surface area (Å²) in [5.41, 5.74) is 1.40. The van der Waals surface area contributed by atoms with Crippen molar-refractivity contribution in [3.8, 4) is 0 Å². The van der Waals surface area contributed by atoms with Gasteiger partial charge in [-0.1, -0.05) is 41.4 Å². The summed E-state index contributed by atoms with van der Waals surface area (Å²) < 4.78 is 0. The van der Waals surface area contributed by atoms with E-state index in [0.717, 1.165) is 22.7 Å². The maximum absolute atomic E-state index is 13.0. The van der Waals surface area contributed by atoms with Crippen molar-refractivity contribution in [1.82, 2.24) is 15.5 Å². The molecule has 0 aliphatic carbocycles. The van der Waals surface area contributed by atoms with E-state index in [9.17, 15) is 14.4 Å². The smallest absolute Gasteiger partial charge is 0.325 e. The van der Waals surface area contributed by atoms with Gasteiger partial charge in [0.1, 0.15) is 12.1 Å². The Morgan fingerprint density at radius 2 is 1.91 bits per heavy atom. The molecule has 3 rings (SSSR count). The van der Waals surface area contributed by atoms with Crippen molar-refractivity contribution in [2.75, 3.05) is 31.1 Å². The van der Waals surface area contributed by atoms with Gasteiger partial charge in [-0.25, -0.2) is 4.79 Å². The summed E-state index contributed by atoms with van der Waals surface area (Å²) in [6.07, 6.45) is 0. The Kier molecular flexibility index (Phi) is 7.31. The molecule has 0 aromatic heterocycles. The van der Waals surface area contributed by atoms with E-state index in [-0.39, 0.29) is 11.6 Å². The molecule has 32 heavy (non-hydrogen) atoms. The molecule has 0 unspecified atom stereocenters. The third-order valence-electron chi connectivity index (χ3n) is 5.53. The minimum absolute atomic E-state index is 0.276. The van der Waals surface area contributed by atoms with Gasteiger partial charge in [-0.3, -0.25) is 14.5 Å². The molecule has 4 amide bonds. The highest BCUT2D eigenvalue weighted by atomic mass is 35.5. The predicted molar refractivity (Wildman–Crippen MR) is 126 cm³/mol. The highest BCUT2D eigenvalue weighted by molar-refractivity contribution is 6.42. The van der Waals surface area contributed by atoms with Gasteiger partial charge in [0.25, 0.3) is 5.91 Å². The molecule has 170 valence electrons. The highest BCUT2D eigenvalue weighted by Crippen LogP contribution is 2.32. The van der Waals surface area contributed by atoms with Gasteiger partial charge < -0.3 is 15.5 Å². The summed E-state index contributed by atoms with van der Waals surface area (Å²) >= 11 is 12.0. The zero-order valence-corrected chi connectivity index (χ0v) is 19.8. The molecule has 0 radical (unpaired) electrons. The quantitative estimate of drug-likeness (QED) is 0.568. The van der Waals surface area contributed by atoms with Crippen molar-refractivity contribution < 1.29 is 14.4 Å². The van der Waals surface area contributed by atoms with E-state index in [1.807, 2.05) is 32.0 Å². The standard InChI is InChI=1S/C23H26Cl2N4O3/c1-4-28(17-7-5-6-15(2)12-17)11-10-26-20(30)14-29-21(31)23(3,27-22(29)32)16-8-9-18(24)19(25)13-16/h5-9,12-13H,4,10-11,14H2,1-3H3,(H,26,30)(H,27,32)/t23-/m0/s1. The minimum atomic E-state index is -1.32. The van der Waals surface area contributed by atoms with E-state index < -0.39 is 23.4 Å². The van der Waals surface area contributed by atoms with Crippen LogP contribution in [0.2, 0.25) is 10.0 Å². The molecule has 1 atom stereocenters. The summed E-state index contributed by atoms with van der Waals surface area (Å²) in [4.78, 5) is 41.0. The molecule has 1 heterocycles. The van der Waals surface area contributed by atoms with Crippen LogP contribution in [0.4, 0.5) is 10.5 Å². The number of hydrogen-bond acceptors (Lipinski definition) is 4. The van der Waals surface area contributed by atoms with Gasteiger partial charge in [0.05, 0.1) is 10.0 Å². The van der Waals surface area contributed by atoms with Gasteiger partial charge in [0.15, 0.2) is 0 Å². The lowest BCUT2D eigenvalue weighted by molar-refractivity contribution is -0.134. The van der Waals surface area contributed by atoms with Gasteiger partial charge in [-0.05, 0) is 56.2 Å². The average molecular weight is 477 g/mol. The second-order valence-electron chi connectivity index (χ2n) is 7.84. The highest BCUT2D eigenvalue weighted by Gasteiger charge is 2.49. The monoisotopic (exact) mass is 476 g/mol. The number of nitrogens with one attached hydrogen (secondary N) is 2. The van der Waals surface area contributed by atoms with Crippen LogP contribution >= 0.6 is 23.2 Å². The van der Waals surface area contributed by atoms with Crippen LogP contribution in [0, 0.1) is 6.92 Å². The number of aryl methyl sites for hydroxylation is 1. The molecule has 1 aliphatic heterocycles. The summed E-state index contributed by atoms with van der Waals surface area (Å²) in [7, 11) is 0. The first-order valence-corrected chi connectivity index (χ1v) is 11.1. The van der Waals surface area contributed by atoms with Crippen molar-refractivity contribution in [1.29, 1.82) is 0 Å². The number of imide groups is 1. The fraction of sp³-hybridized carbons (Fsp3) is 0.348. The zero-order valence-electron chi connectivity index (χ0n) is 18.2. The lowest BCUT2D eigenvalue weighted by atomic mass is 9.92. The van der Waals surface area contributed by atoms with Crippen molar-refractivity contribution in [2.45, 2.75) is 26.3 Å². The number of urea groups is 1. The Bertz CT molecular complexity index is 1050. The Balaban J connectivity index is 1.59. The fourth-order valence-corrected chi connectivity index (χ4v) is 3.97. The number of rotatable bonds is 8. The Morgan fingerprint density at radius 3 is 2.56 bits per heavy atom. The number of halogens is 2. The lowest BCUT2D eigenvalue weighted by Gasteiger charge is -2.24. The maximum Gasteiger partial charge on any atom is 0.325 e. The van der Waals surface area contributed by atoms with Crippen LogP contribution < -0.4 is 15.5 Å². The van der Waals surface area contributed by atoms with Gasteiger partial charge in [0, 0.05) is 25.3 Å². The third kappa shape index (κ3) is 5.00. The number of hydrogen-bond donors (Lipinski definition) is 2. The molecule has 7 nitrogen and oxygen atoms in total. The average Bonchev–Trinajstić information content (AvgIpc) is 2.97. The first kappa shape index (κ1) is 23.9. The van der Waals surface area contributed by atoms with Crippen molar-refractivity contribution in [3.63, 3.8) is 0 Å². The topological polar surface area (TPSA) is 81.8 Å². The van der Waals surface area contributed by atoms with Gasteiger partial charge in [-0.2, -0.15) is 0 Å². The van der Waals surface area contributed by atoms with Crippen LogP contribution in [0.1, 0.15) is 25.0 Å². The SMILES string of the molecule is CCN(CCNC(=O)CN1C(=O)N[C@@](C)(c2ccc(Cl)c(Cl)c2)C1=O)c1cccc(C)c1. The molecule has 1 fully saturated rings. The minimum Gasteiger partial charge on any atom is -0.370 e. The molecular formula is C23H26Cl2N4O3. The number of likely N-dealkylation sites (N-methyl/N-ethyl adjacent to an activating group) is 1. The predicted octanol–water partition coefficient (Wildman–Crippen LogP) is 3.71. The number of benzene rings is 2. The van der Waals surface area contributed by atoms with Gasteiger partial charge in [0.2, 0.25) is 5.91 Å². The molecule has 2 aromatic carbocycles. The second kappa shape index (κ2) is 9.79. The first-order valence-electron chi connectivity index (χ1n) is 10.3. The summed E-state index contributed by atoms with van der Waals surface area (Å²) in [5.74, 6) is -0.932. The van der Waals surface area contributed by atoms with Crippen LogP contribution in [0.15, 0.2) is 42.5 Å². The summed E-state index contributed by atoms with van der Waals surface area (Å²) in [5, 5.41) is 6.07. The normalized spacial score (nSPS) is 18.0. The van der Waals surface area contributed by atoms with Gasteiger partial charge >= 0.3 is 6.03 Å². The first-order chi connectivity index (χ1) is 15.2. The molecule has 0 saturated carbocycles. The van der Waals surface area contributed by atoms with Crippen LogP contribution in [-0.2, 0) is 15.1 Å².